The molecule has 1 aromatic rings. The van der Waals surface area contributed by atoms with Gasteiger partial charge in [0.25, 0.3) is 0 Å². The van der Waals surface area contributed by atoms with E-state index in [1.165, 1.54) is 25.6 Å². The number of hydrogen-bond donors (Lipinski definition) is 0. The molecule has 0 aliphatic carbocycles. The molecule has 0 spiro atoms. The minimum Gasteiger partial charge on any atom is -0.466 e. The first-order chi connectivity index (χ1) is 11.0. The van der Waals surface area contributed by atoms with Crippen molar-refractivity contribution in [3.63, 3.8) is 0 Å². The lowest BCUT2D eigenvalue weighted by molar-refractivity contribution is -0.143. The van der Waals surface area contributed by atoms with Crippen molar-refractivity contribution in [2.24, 2.45) is 5.92 Å². The highest BCUT2D eigenvalue weighted by atomic mass is 35.5. The molecule has 0 aromatic carbocycles. The van der Waals surface area contributed by atoms with E-state index in [-0.39, 0.29) is 42.5 Å². The molecule has 23 heavy (non-hydrogen) atoms. The molecule has 126 valence electrons. The van der Waals surface area contributed by atoms with Gasteiger partial charge in [-0.25, -0.2) is 0 Å². The molecule has 6 nitrogen and oxygen atoms in total. The van der Waals surface area contributed by atoms with Crippen molar-refractivity contribution in [2.75, 3.05) is 20.3 Å². The number of nitrogens with zero attached hydrogens (tertiary/aromatic N) is 1. The summed E-state index contributed by atoms with van der Waals surface area (Å²) in [5.74, 6) is -1.93. The molecule has 1 heterocycles. The van der Waals surface area contributed by atoms with Crippen LogP contribution in [0.2, 0.25) is 5.02 Å². The Labute approximate surface area is 140 Å². The fraction of sp³-hybridized carbons (Fsp3) is 0.500. The lowest BCUT2D eigenvalue weighted by atomic mass is 9.90. The molecular formula is C16H20ClNO5. The number of carbonyl (C=O) groups excluding carboxylic acids is 3. The molecule has 1 aromatic heterocycles. The molecule has 0 aliphatic heterocycles. The van der Waals surface area contributed by atoms with Crippen molar-refractivity contribution in [1.82, 2.24) is 4.98 Å². The number of carbonyl (C=O) groups is 3. The molecule has 1 unspecified atom stereocenters. The lowest BCUT2D eigenvalue weighted by Gasteiger charge is -2.14. The molecule has 1 rings (SSSR count). The van der Waals surface area contributed by atoms with Crippen molar-refractivity contribution in [3.05, 3.63) is 29.0 Å². The maximum absolute atomic E-state index is 12.5. The van der Waals surface area contributed by atoms with Crippen LogP contribution in [-0.2, 0) is 19.1 Å². The fourth-order valence-electron chi connectivity index (χ4n) is 2.11. The highest BCUT2D eigenvalue weighted by Crippen LogP contribution is 2.19. The molecule has 0 amide bonds. The van der Waals surface area contributed by atoms with Crippen molar-refractivity contribution in [3.8, 4) is 0 Å². The Morgan fingerprint density at radius 3 is 2.65 bits per heavy atom. The van der Waals surface area contributed by atoms with E-state index in [1.54, 1.807) is 6.92 Å². The van der Waals surface area contributed by atoms with Crippen LogP contribution in [0.1, 0.15) is 36.5 Å². The number of ketones is 2. The predicted octanol–water partition coefficient (Wildman–Crippen LogP) is 2.48. The molecule has 7 heteroatoms. The first kappa shape index (κ1) is 19.3. The summed E-state index contributed by atoms with van der Waals surface area (Å²) in [5, 5.41) is 0.320. The minimum atomic E-state index is -0.885. The Kier molecular flexibility index (Phi) is 8.43. The molecule has 0 saturated carbocycles. The van der Waals surface area contributed by atoms with Crippen LogP contribution in [0.15, 0.2) is 18.5 Å². The van der Waals surface area contributed by atoms with E-state index in [1.807, 2.05) is 0 Å². The second-order valence-corrected chi connectivity index (χ2v) is 5.34. The van der Waals surface area contributed by atoms with Gasteiger partial charge in [0, 0.05) is 31.5 Å². The third-order valence-corrected chi connectivity index (χ3v) is 3.37. The van der Waals surface area contributed by atoms with Gasteiger partial charge in [0.2, 0.25) is 0 Å². The molecule has 0 saturated heterocycles. The van der Waals surface area contributed by atoms with E-state index in [0.29, 0.717) is 18.1 Å². The molecule has 0 fully saturated rings. The van der Waals surface area contributed by atoms with Gasteiger partial charge in [-0.1, -0.05) is 11.6 Å². The Hall–Kier alpha value is -1.79. The average molecular weight is 342 g/mol. The second-order valence-electron chi connectivity index (χ2n) is 4.91. The zero-order valence-corrected chi connectivity index (χ0v) is 14.0. The van der Waals surface area contributed by atoms with Crippen LogP contribution < -0.4 is 0 Å². The number of rotatable bonds is 10. The van der Waals surface area contributed by atoms with Crippen LogP contribution in [0.25, 0.3) is 0 Å². The summed E-state index contributed by atoms with van der Waals surface area (Å²) in [6, 6.07) is 1.47. The summed E-state index contributed by atoms with van der Waals surface area (Å²) in [5.41, 5.74) is 0.267. The van der Waals surface area contributed by atoms with E-state index < -0.39 is 5.92 Å². The van der Waals surface area contributed by atoms with Gasteiger partial charge in [0.15, 0.2) is 11.6 Å². The first-order valence-corrected chi connectivity index (χ1v) is 7.69. The minimum absolute atomic E-state index is 0.158. The lowest BCUT2D eigenvalue weighted by Crippen LogP contribution is -2.28. The number of hydrogen-bond acceptors (Lipinski definition) is 6. The highest BCUT2D eigenvalue weighted by Gasteiger charge is 2.27. The number of Topliss-reactive ketones (excluding diaryl/α,β-unsaturated/α-hetero) is 2. The molecular weight excluding hydrogens is 322 g/mol. The predicted molar refractivity (Wildman–Crippen MR) is 84.4 cm³/mol. The largest absolute Gasteiger partial charge is 0.466 e. The van der Waals surface area contributed by atoms with Crippen LogP contribution in [-0.4, -0.2) is 42.8 Å². The normalized spacial score (nSPS) is 11.8. The monoisotopic (exact) mass is 341 g/mol. The number of esters is 1. The zero-order valence-electron chi connectivity index (χ0n) is 13.2. The smallest absolute Gasteiger partial charge is 0.305 e. The van der Waals surface area contributed by atoms with Gasteiger partial charge in [0.05, 0.1) is 17.5 Å². The quantitative estimate of drug-likeness (QED) is 0.369. The van der Waals surface area contributed by atoms with Crippen molar-refractivity contribution in [2.45, 2.75) is 26.2 Å². The summed E-state index contributed by atoms with van der Waals surface area (Å²) in [6.07, 6.45) is 3.55. The summed E-state index contributed by atoms with van der Waals surface area (Å²) < 4.78 is 9.66. The number of aromatic nitrogens is 1. The number of methoxy groups -OCH3 is 1. The third kappa shape index (κ3) is 6.46. The molecule has 0 aliphatic rings. The summed E-state index contributed by atoms with van der Waals surface area (Å²) >= 11 is 5.83. The third-order valence-electron chi connectivity index (χ3n) is 3.16. The van der Waals surface area contributed by atoms with Gasteiger partial charge in [-0.15, -0.1) is 0 Å². The van der Waals surface area contributed by atoms with Gasteiger partial charge in [-0.05, 0) is 25.8 Å². The Morgan fingerprint density at radius 2 is 2.04 bits per heavy atom. The SMILES string of the molecule is CCOC(=O)CCCC(C(=O)COC)C(=O)c1cncc(Cl)c1. The van der Waals surface area contributed by atoms with E-state index in [9.17, 15) is 14.4 Å². The second kappa shape index (κ2) is 10.1. The summed E-state index contributed by atoms with van der Waals surface area (Å²) in [7, 11) is 1.39. The van der Waals surface area contributed by atoms with Gasteiger partial charge < -0.3 is 9.47 Å². The van der Waals surface area contributed by atoms with E-state index in [2.05, 4.69) is 4.98 Å². The average Bonchev–Trinajstić information content (AvgIpc) is 2.51. The Balaban J connectivity index is 2.77. The van der Waals surface area contributed by atoms with E-state index in [0.717, 1.165) is 0 Å². The van der Waals surface area contributed by atoms with E-state index >= 15 is 0 Å². The Morgan fingerprint density at radius 1 is 1.30 bits per heavy atom. The van der Waals surface area contributed by atoms with Crippen LogP contribution in [0, 0.1) is 5.92 Å². The number of halogens is 1. The van der Waals surface area contributed by atoms with Crippen LogP contribution in [0.3, 0.4) is 0 Å². The maximum atomic E-state index is 12.5. The maximum Gasteiger partial charge on any atom is 0.305 e. The fourth-order valence-corrected chi connectivity index (χ4v) is 2.29. The van der Waals surface area contributed by atoms with Crippen molar-refractivity contribution in [1.29, 1.82) is 0 Å². The van der Waals surface area contributed by atoms with Crippen LogP contribution >= 0.6 is 11.6 Å². The topological polar surface area (TPSA) is 82.6 Å². The van der Waals surface area contributed by atoms with Gasteiger partial charge >= 0.3 is 5.97 Å². The van der Waals surface area contributed by atoms with Gasteiger partial charge in [-0.2, -0.15) is 0 Å². The number of pyridine rings is 1. The van der Waals surface area contributed by atoms with E-state index in [4.69, 9.17) is 21.1 Å². The molecule has 0 bridgehead atoms. The summed E-state index contributed by atoms with van der Waals surface area (Å²) in [4.78, 5) is 39.9. The molecule has 1 atom stereocenters. The van der Waals surface area contributed by atoms with Crippen LogP contribution in [0.4, 0.5) is 0 Å². The Bertz CT molecular complexity index is 561. The molecule has 0 N–H and O–H groups in total. The first-order valence-electron chi connectivity index (χ1n) is 7.31. The summed E-state index contributed by atoms with van der Waals surface area (Å²) in [6.45, 7) is 1.86. The van der Waals surface area contributed by atoms with Crippen LogP contribution in [0.5, 0.6) is 0 Å². The molecule has 0 radical (unpaired) electrons. The zero-order chi connectivity index (χ0) is 17.2. The number of ether oxygens (including phenoxy) is 2. The standard InChI is InChI=1S/C16H20ClNO5/c1-3-23-15(20)6-4-5-13(14(19)10-22-2)16(21)11-7-12(17)9-18-8-11/h7-9,13H,3-6,10H2,1-2H3. The van der Waals surface area contributed by atoms with Crippen molar-refractivity contribution >= 4 is 29.1 Å². The van der Waals surface area contributed by atoms with Gasteiger partial charge in [-0.3, -0.25) is 19.4 Å². The van der Waals surface area contributed by atoms with Gasteiger partial charge in [0.1, 0.15) is 6.61 Å². The van der Waals surface area contributed by atoms with Crippen molar-refractivity contribution < 1.29 is 23.9 Å². The highest BCUT2D eigenvalue weighted by molar-refractivity contribution is 6.31.